The van der Waals surface area contributed by atoms with Crippen molar-refractivity contribution < 1.29 is 23.5 Å². The molecule has 1 amide bonds. The van der Waals surface area contributed by atoms with E-state index in [1.807, 2.05) is 34.9 Å². The molecular weight excluding hydrogens is 463 g/mol. The van der Waals surface area contributed by atoms with Crippen molar-refractivity contribution in [2.24, 2.45) is 0 Å². The number of nitrogens with zero attached hydrogens (tertiary/aromatic N) is 2. The topological polar surface area (TPSA) is 98.2 Å². The Morgan fingerprint density at radius 3 is 2.47 bits per heavy atom. The van der Waals surface area contributed by atoms with E-state index < -0.39 is 11.9 Å². The zero-order valence-electron chi connectivity index (χ0n) is 20.3. The fourth-order valence-corrected chi connectivity index (χ4v) is 3.98. The van der Waals surface area contributed by atoms with Gasteiger partial charge < -0.3 is 24.3 Å². The summed E-state index contributed by atoms with van der Waals surface area (Å²) in [4.78, 5) is 33.5. The molecule has 0 bridgehead atoms. The predicted molar refractivity (Wildman–Crippen MR) is 134 cm³/mol. The third-order valence-corrected chi connectivity index (χ3v) is 5.77. The normalized spacial score (nSPS) is 10.9. The lowest BCUT2D eigenvalue weighted by atomic mass is 10.1. The van der Waals surface area contributed by atoms with Gasteiger partial charge >= 0.3 is 5.97 Å². The SMILES string of the molecule is COCCOC(=O)c1c(C)[nH]c(C(=O)Nc2c(-c3ccc(F)cc3)ncn2Cc2ccccc2)c1C. The zero-order chi connectivity index (χ0) is 25.7. The van der Waals surface area contributed by atoms with Gasteiger partial charge in [-0.3, -0.25) is 4.79 Å². The fraction of sp³-hybridized carbons (Fsp3) is 0.222. The number of halogens is 1. The molecular formula is C27H27FN4O4. The monoisotopic (exact) mass is 490 g/mol. The van der Waals surface area contributed by atoms with Gasteiger partial charge in [-0.1, -0.05) is 30.3 Å². The quantitative estimate of drug-likeness (QED) is 0.261. The van der Waals surface area contributed by atoms with E-state index >= 15 is 0 Å². The van der Waals surface area contributed by atoms with E-state index in [0.717, 1.165) is 5.56 Å². The van der Waals surface area contributed by atoms with E-state index in [1.165, 1.54) is 19.2 Å². The van der Waals surface area contributed by atoms with Crippen molar-refractivity contribution >= 4 is 17.7 Å². The number of aryl methyl sites for hydroxylation is 1. The van der Waals surface area contributed by atoms with Gasteiger partial charge in [0.05, 0.1) is 25.0 Å². The second-order valence-electron chi connectivity index (χ2n) is 8.27. The van der Waals surface area contributed by atoms with Crippen LogP contribution in [0.3, 0.4) is 0 Å². The molecule has 0 saturated carbocycles. The number of nitrogens with one attached hydrogen (secondary N) is 2. The first kappa shape index (κ1) is 24.9. The molecule has 36 heavy (non-hydrogen) atoms. The van der Waals surface area contributed by atoms with Gasteiger partial charge in [-0.15, -0.1) is 0 Å². The van der Waals surface area contributed by atoms with Crippen LogP contribution in [0.1, 0.15) is 37.7 Å². The lowest BCUT2D eigenvalue weighted by Gasteiger charge is -2.12. The van der Waals surface area contributed by atoms with E-state index in [2.05, 4.69) is 15.3 Å². The second-order valence-corrected chi connectivity index (χ2v) is 8.27. The Hall–Kier alpha value is -4.24. The van der Waals surface area contributed by atoms with Gasteiger partial charge in [0.15, 0.2) is 0 Å². The third kappa shape index (κ3) is 5.36. The van der Waals surface area contributed by atoms with Gasteiger partial charge in [0.1, 0.15) is 29.6 Å². The molecule has 0 aliphatic carbocycles. The van der Waals surface area contributed by atoms with Crippen LogP contribution in [0.5, 0.6) is 0 Å². The number of anilines is 1. The van der Waals surface area contributed by atoms with Gasteiger partial charge in [0.25, 0.3) is 5.91 Å². The standard InChI is InChI=1S/C27H27FN4O4/c1-17-22(27(34)36-14-13-35-3)18(2)30-23(17)26(33)31-25-24(20-9-11-21(28)12-10-20)29-16-32(25)15-19-7-5-4-6-8-19/h4-12,16,30H,13-15H2,1-3H3,(H,31,33). The molecule has 186 valence electrons. The molecule has 4 rings (SSSR count). The molecule has 0 aliphatic rings. The Balaban J connectivity index is 1.66. The highest BCUT2D eigenvalue weighted by atomic mass is 19.1. The highest BCUT2D eigenvalue weighted by Gasteiger charge is 2.25. The van der Waals surface area contributed by atoms with Gasteiger partial charge in [-0.2, -0.15) is 0 Å². The summed E-state index contributed by atoms with van der Waals surface area (Å²) in [7, 11) is 1.52. The van der Waals surface area contributed by atoms with Crippen LogP contribution in [0.15, 0.2) is 60.9 Å². The third-order valence-electron chi connectivity index (χ3n) is 5.77. The van der Waals surface area contributed by atoms with E-state index in [0.29, 0.717) is 40.4 Å². The number of H-pyrrole nitrogens is 1. The molecule has 2 N–H and O–H groups in total. The maximum Gasteiger partial charge on any atom is 0.340 e. The van der Waals surface area contributed by atoms with Crippen LogP contribution in [0.4, 0.5) is 10.2 Å². The number of amides is 1. The number of hydrogen-bond acceptors (Lipinski definition) is 5. The smallest absolute Gasteiger partial charge is 0.340 e. The lowest BCUT2D eigenvalue weighted by Crippen LogP contribution is -2.18. The molecule has 0 spiro atoms. The summed E-state index contributed by atoms with van der Waals surface area (Å²) in [5, 5.41) is 2.95. The maximum atomic E-state index is 13.5. The van der Waals surface area contributed by atoms with Crippen molar-refractivity contribution in [3.63, 3.8) is 0 Å². The first-order valence-electron chi connectivity index (χ1n) is 11.4. The molecule has 0 fully saturated rings. The Morgan fingerprint density at radius 1 is 1.06 bits per heavy atom. The highest BCUT2D eigenvalue weighted by molar-refractivity contribution is 6.07. The van der Waals surface area contributed by atoms with Crippen molar-refractivity contribution in [1.82, 2.24) is 14.5 Å². The predicted octanol–water partition coefficient (Wildman–Crippen LogP) is 4.74. The molecule has 2 heterocycles. The van der Waals surface area contributed by atoms with Crippen LogP contribution in [0.25, 0.3) is 11.3 Å². The van der Waals surface area contributed by atoms with E-state index in [9.17, 15) is 14.0 Å². The van der Waals surface area contributed by atoms with E-state index in [4.69, 9.17) is 9.47 Å². The Labute approximate surface area is 208 Å². The number of benzene rings is 2. The summed E-state index contributed by atoms with van der Waals surface area (Å²) in [6.07, 6.45) is 1.63. The highest BCUT2D eigenvalue weighted by Crippen LogP contribution is 2.29. The van der Waals surface area contributed by atoms with Gasteiger partial charge in [0.2, 0.25) is 0 Å². The number of ether oxygens (including phenoxy) is 2. The van der Waals surface area contributed by atoms with Crippen LogP contribution in [0, 0.1) is 19.7 Å². The number of aromatic amines is 1. The summed E-state index contributed by atoms with van der Waals surface area (Å²) in [6.45, 7) is 4.25. The number of carbonyl (C=O) groups is 2. The summed E-state index contributed by atoms with van der Waals surface area (Å²) >= 11 is 0. The summed E-state index contributed by atoms with van der Waals surface area (Å²) in [6, 6.07) is 15.7. The lowest BCUT2D eigenvalue weighted by molar-refractivity contribution is 0.0386. The average Bonchev–Trinajstić information content (AvgIpc) is 3.39. The zero-order valence-corrected chi connectivity index (χ0v) is 20.3. The molecule has 0 aliphatic heterocycles. The van der Waals surface area contributed by atoms with Gasteiger partial charge in [-0.05, 0) is 49.2 Å². The molecule has 2 aromatic carbocycles. The second kappa shape index (κ2) is 11.0. The number of hydrogen-bond donors (Lipinski definition) is 2. The van der Waals surface area contributed by atoms with Crippen LogP contribution in [-0.2, 0) is 16.0 Å². The van der Waals surface area contributed by atoms with Gasteiger partial charge in [0, 0.05) is 18.4 Å². The van der Waals surface area contributed by atoms with Crippen molar-refractivity contribution in [3.05, 3.63) is 94.8 Å². The maximum absolute atomic E-state index is 13.5. The number of methoxy groups -OCH3 is 1. The van der Waals surface area contributed by atoms with Crippen molar-refractivity contribution in [1.29, 1.82) is 0 Å². The number of aromatic nitrogens is 3. The molecule has 0 saturated heterocycles. The van der Waals surface area contributed by atoms with E-state index in [1.54, 1.807) is 32.3 Å². The summed E-state index contributed by atoms with van der Waals surface area (Å²) in [5.41, 5.74) is 3.72. The Kier molecular flexibility index (Phi) is 7.60. The Bertz CT molecular complexity index is 1360. The van der Waals surface area contributed by atoms with Crippen LogP contribution in [-0.4, -0.2) is 46.7 Å². The number of esters is 1. The molecule has 2 aromatic heterocycles. The van der Waals surface area contributed by atoms with Crippen molar-refractivity contribution in [3.8, 4) is 11.3 Å². The minimum Gasteiger partial charge on any atom is -0.460 e. The van der Waals surface area contributed by atoms with Crippen LogP contribution < -0.4 is 5.32 Å². The number of carbonyl (C=O) groups excluding carboxylic acids is 2. The summed E-state index contributed by atoms with van der Waals surface area (Å²) < 4.78 is 25.5. The average molecular weight is 491 g/mol. The molecule has 0 radical (unpaired) electrons. The molecule has 0 unspecified atom stereocenters. The molecule has 8 nitrogen and oxygen atoms in total. The molecule has 4 aromatic rings. The van der Waals surface area contributed by atoms with Crippen LogP contribution >= 0.6 is 0 Å². The fourth-order valence-electron chi connectivity index (χ4n) is 3.98. The van der Waals surface area contributed by atoms with Crippen LogP contribution in [0.2, 0.25) is 0 Å². The number of imidazole rings is 1. The molecule has 9 heteroatoms. The Morgan fingerprint density at radius 2 is 1.78 bits per heavy atom. The van der Waals surface area contributed by atoms with Crippen molar-refractivity contribution in [2.75, 3.05) is 25.6 Å². The minimum absolute atomic E-state index is 0.112. The number of rotatable bonds is 9. The van der Waals surface area contributed by atoms with Gasteiger partial charge in [-0.25, -0.2) is 14.2 Å². The minimum atomic E-state index is -0.529. The first-order valence-corrected chi connectivity index (χ1v) is 11.4. The first-order chi connectivity index (χ1) is 17.4. The van der Waals surface area contributed by atoms with Crippen molar-refractivity contribution in [2.45, 2.75) is 20.4 Å². The van der Waals surface area contributed by atoms with E-state index in [-0.39, 0.29) is 24.7 Å². The largest absolute Gasteiger partial charge is 0.460 e. The summed E-state index contributed by atoms with van der Waals surface area (Å²) in [5.74, 6) is -0.884. The molecule has 0 atom stereocenters.